The van der Waals surface area contributed by atoms with Gasteiger partial charge in [0.15, 0.2) is 5.78 Å². The van der Waals surface area contributed by atoms with Crippen molar-refractivity contribution in [2.45, 2.75) is 26.3 Å². The molecular formula is C13H16N2O2. The van der Waals surface area contributed by atoms with Crippen LogP contribution in [0.1, 0.15) is 30.6 Å². The van der Waals surface area contributed by atoms with Crippen LogP contribution in [0.4, 0.5) is 10.5 Å². The second-order valence-electron chi connectivity index (χ2n) is 4.55. The van der Waals surface area contributed by atoms with Gasteiger partial charge in [-0.2, -0.15) is 0 Å². The standard InChI is InChI=1S/C13H16N2O2/c1-8-7-12(8)15-13(17)14-11-5-3-10(4-6-11)9(2)16/h3-6,8,12H,7H2,1-2H3,(H2,14,15,17). The Morgan fingerprint density at radius 3 is 2.29 bits per heavy atom. The highest BCUT2D eigenvalue weighted by atomic mass is 16.2. The minimum atomic E-state index is -0.185. The molecule has 0 saturated heterocycles. The molecule has 90 valence electrons. The van der Waals surface area contributed by atoms with Crippen LogP contribution in [0.5, 0.6) is 0 Å². The number of hydrogen-bond donors (Lipinski definition) is 2. The van der Waals surface area contributed by atoms with E-state index in [-0.39, 0.29) is 11.8 Å². The Labute approximate surface area is 100 Å². The number of amides is 2. The lowest BCUT2D eigenvalue weighted by Gasteiger charge is -2.07. The summed E-state index contributed by atoms with van der Waals surface area (Å²) in [5.74, 6) is 0.605. The Kier molecular flexibility index (Phi) is 3.13. The monoisotopic (exact) mass is 232 g/mol. The van der Waals surface area contributed by atoms with Crippen molar-refractivity contribution >= 4 is 17.5 Å². The fraction of sp³-hybridized carbons (Fsp3) is 0.385. The van der Waals surface area contributed by atoms with Gasteiger partial charge in [0.1, 0.15) is 0 Å². The summed E-state index contributed by atoms with van der Waals surface area (Å²) in [6.45, 7) is 3.62. The SMILES string of the molecule is CC(=O)c1ccc(NC(=O)NC2CC2C)cc1. The number of carbonyl (C=O) groups is 2. The van der Waals surface area contributed by atoms with Gasteiger partial charge in [-0.25, -0.2) is 4.79 Å². The molecule has 2 unspecified atom stereocenters. The minimum absolute atomic E-state index is 0.0211. The second kappa shape index (κ2) is 4.57. The predicted octanol–water partition coefficient (Wildman–Crippen LogP) is 2.42. The van der Waals surface area contributed by atoms with Crippen LogP contribution in [0, 0.1) is 5.92 Å². The van der Waals surface area contributed by atoms with E-state index in [0.717, 1.165) is 6.42 Å². The van der Waals surface area contributed by atoms with E-state index in [1.165, 1.54) is 6.92 Å². The number of benzene rings is 1. The van der Waals surface area contributed by atoms with Crippen LogP contribution in [0.3, 0.4) is 0 Å². The smallest absolute Gasteiger partial charge is 0.319 e. The summed E-state index contributed by atoms with van der Waals surface area (Å²) in [6.07, 6.45) is 1.05. The highest BCUT2D eigenvalue weighted by Gasteiger charge is 2.33. The Balaban J connectivity index is 1.89. The summed E-state index contributed by atoms with van der Waals surface area (Å²) in [7, 11) is 0. The molecule has 2 N–H and O–H groups in total. The quantitative estimate of drug-likeness (QED) is 0.786. The molecule has 1 aromatic carbocycles. The maximum absolute atomic E-state index is 11.5. The number of carbonyl (C=O) groups excluding carboxylic acids is 2. The fourth-order valence-corrected chi connectivity index (χ4v) is 1.65. The Hall–Kier alpha value is -1.84. The predicted molar refractivity (Wildman–Crippen MR) is 66.2 cm³/mol. The lowest BCUT2D eigenvalue weighted by atomic mass is 10.1. The summed E-state index contributed by atoms with van der Waals surface area (Å²) in [6, 6.07) is 7.00. The van der Waals surface area contributed by atoms with Gasteiger partial charge in [0.05, 0.1) is 0 Å². The zero-order valence-electron chi connectivity index (χ0n) is 9.99. The van der Waals surface area contributed by atoms with E-state index in [4.69, 9.17) is 0 Å². The van der Waals surface area contributed by atoms with Gasteiger partial charge in [-0.05, 0) is 43.5 Å². The number of anilines is 1. The molecule has 2 amide bonds. The van der Waals surface area contributed by atoms with Gasteiger partial charge in [-0.1, -0.05) is 6.92 Å². The molecule has 0 spiro atoms. The van der Waals surface area contributed by atoms with E-state index < -0.39 is 0 Å². The minimum Gasteiger partial charge on any atom is -0.335 e. The van der Waals surface area contributed by atoms with Crippen LogP contribution in [0.2, 0.25) is 0 Å². The summed E-state index contributed by atoms with van der Waals surface area (Å²) < 4.78 is 0. The van der Waals surface area contributed by atoms with Crippen molar-refractivity contribution in [2.75, 3.05) is 5.32 Å². The van der Waals surface area contributed by atoms with Gasteiger partial charge in [0, 0.05) is 17.3 Å². The molecule has 1 aliphatic rings. The van der Waals surface area contributed by atoms with Crippen LogP contribution in [0.15, 0.2) is 24.3 Å². The zero-order chi connectivity index (χ0) is 12.4. The van der Waals surface area contributed by atoms with E-state index in [9.17, 15) is 9.59 Å². The van der Waals surface area contributed by atoms with Crippen LogP contribution < -0.4 is 10.6 Å². The van der Waals surface area contributed by atoms with Crippen molar-refractivity contribution in [1.82, 2.24) is 5.32 Å². The van der Waals surface area contributed by atoms with Crippen LogP contribution in [-0.2, 0) is 0 Å². The zero-order valence-corrected chi connectivity index (χ0v) is 9.99. The van der Waals surface area contributed by atoms with Gasteiger partial charge in [0.25, 0.3) is 0 Å². The van der Waals surface area contributed by atoms with Crippen molar-refractivity contribution < 1.29 is 9.59 Å². The first-order valence-electron chi connectivity index (χ1n) is 5.75. The van der Waals surface area contributed by atoms with Crippen LogP contribution >= 0.6 is 0 Å². The van der Waals surface area contributed by atoms with Crippen molar-refractivity contribution in [3.8, 4) is 0 Å². The highest BCUT2D eigenvalue weighted by molar-refractivity contribution is 5.95. The lowest BCUT2D eigenvalue weighted by molar-refractivity contribution is 0.101. The molecule has 4 heteroatoms. The van der Waals surface area contributed by atoms with Crippen LogP contribution in [0.25, 0.3) is 0 Å². The topological polar surface area (TPSA) is 58.2 Å². The maximum Gasteiger partial charge on any atom is 0.319 e. The Bertz CT molecular complexity index is 439. The van der Waals surface area contributed by atoms with Crippen LogP contribution in [-0.4, -0.2) is 17.9 Å². The normalized spacial score (nSPS) is 21.8. The summed E-state index contributed by atoms with van der Waals surface area (Å²) in [5.41, 5.74) is 1.34. The van der Waals surface area contributed by atoms with Gasteiger partial charge in [-0.15, -0.1) is 0 Å². The third kappa shape index (κ3) is 3.06. The average molecular weight is 232 g/mol. The molecule has 17 heavy (non-hydrogen) atoms. The third-order valence-electron chi connectivity index (χ3n) is 2.98. The number of rotatable bonds is 3. The van der Waals surface area contributed by atoms with E-state index in [0.29, 0.717) is 23.2 Å². The largest absolute Gasteiger partial charge is 0.335 e. The van der Waals surface area contributed by atoms with E-state index in [1.807, 2.05) is 0 Å². The van der Waals surface area contributed by atoms with E-state index in [2.05, 4.69) is 17.6 Å². The van der Waals surface area contributed by atoms with E-state index in [1.54, 1.807) is 24.3 Å². The molecule has 0 aliphatic heterocycles. The molecule has 0 radical (unpaired) electrons. The number of Topliss-reactive ketones (excluding diaryl/α,β-unsaturated/α-hetero) is 1. The first-order chi connectivity index (χ1) is 8.06. The number of urea groups is 1. The summed E-state index contributed by atoms with van der Waals surface area (Å²) in [4.78, 5) is 22.6. The fourth-order valence-electron chi connectivity index (χ4n) is 1.65. The van der Waals surface area contributed by atoms with Gasteiger partial charge < -0.3 is 10.6 Å². The lowest BCUT2D eigenvalue weighted by Crippen LogP contribution is -2.31. The van der Waals surface area contributed by atoms with Crippen molar-refractivity contribution in [3.63, 3.8) is 0 Å². The summed E-state index contributed by atoms with van der Waals surface area (Å²) >= 11 is 0. The van der Waals surface area contributed by atoms with Crippen molar-refractivity contribution in [1.29, 1.82) is 0 Å². The molecular weight excluding hydrogens is 216 g/mol. The van der Waals surface area contributed by atoms with Gasteiger partial charge >= 0.3 is 6.03 Å². The first kappa shape index (κ1) is 11.6. The number of ketones is 1. The van der Waals surface area contributed by atoms with Crippen molar-refractivity contribution in [3.05, 3.63) is 29.8 Å². The number of hydrogen-bond acceptors (Lipinski definition) is 2. The molecule has 0 heterocycles. The first-order valence-corrected chi connectivity index (χ1v) is 5.75. The maximum atomic E-state index is 11.5. The van der Waals surface area contributed by atoms with Gasteiger partial charge in [-0.3, -0.25) is 4.79 Å². The molecule has 2 rings (SSSR count). The van der Waals surface area contributed by atoms with Crippen molar-refractivity contribution in [2.24, 2.45) is 5.92 Å². The average Bonchev–Trinajstić information content (AvgIpc) is 2.94. The Morgan fingerprint density at radius 2 is 1.82 bits per heavy atom. The number of nitrogens with one attached hydrogen (secondary N) is 2. The Morgan fingerprint density at radius 1 is 1.24 bits per heavy atom. The third-order valence-corrected chi connectivity index (χ3v) is 2.98. The molecule has 1 aliphatic carbocycles. The molecule has 1 aromatic rings. The molecule has 0 aromatic heterocycles. The second-order valence-corrected chi connectivity index (χ2v) is 4.55. The van der Waals surface area contributed by atoms with Gasteiger partial charge in [0.2, 0.25) is 0 Å². The highest BCUT2D eigenvalue weighted by Crippen LogP contribution is 2.28. The molecule has 2 atom stereocenters. The molecule has 0 bridgehead atoms. The molecule has 1 saturated carbocycles. The molecule has 4 nitrogen and oxygen atoms in total. The summed E-state index contributed by atoms with van der Waals surface area (Å²) in [5, 5.41) is 5.61. The molecule has 1 fully saturated rings. The van der Waals surface area contributed by atoms with E-state index >= 15 is 0 Å².